The van der Waals surface area contributed by atoms with Gasteiger partial charge in [0, 0.05) is 12.7 Å². The Labute approximate surface area is 122 Å². The number of ketones is 1. The van der Waals surface area contributed by atoms with Gasteiger partial charge >= 0.3 is 0 Å². The van der Waals surface area contributed by atoms with Gasteiger partial charge in [-0.05, 0) is 56.6 Å². The molecular formula is C18H26O2. The van der Waals surface area contributed by atoms with Crippen molar-refractivity contribution >= 4 is 5.78 Å². The fourth-order valence-electron chi connectivity index (χ4n) is 3.08. The molecule has 0 N–H and O–H groups in total. The normalized spacial score (nSPS) is 20.6. The molecule has 1 aliphatic rings. The molecule has 0 bridgehead atoms. The summed E-state index contributed by atoms with van der Waals surface area (Å²) in [5.41, 5.74) is 2.70. The number of ether oxygens (including phenoxy) is 1. The Balaban J connectivity index is 2.32. The van der Waals surface area contributed by atoms with Crippen molar-refractivity contribution in [2.24, 2.45) is 5.41 Å². The van der Waals surface area contributed by atoms with E-state index in [2.05, 4.69) is 19.9 Å². The molecule has 0 spiro atoms. The van der Waals surface area contributed by atoms with E-state index in [-0.39, 0.29) is 5.78 Å². The van der Waals surface area contributed by atoms with Gasteiger partial charge < -0.3 is 4.74 Å². The van der Waals surface area contributed by atoms with Gasteiger partial charge in [-0.2, -0.15) is 0 Å². The second kappa shape index (κ2) is 5.33. The lowest BCUT2D eigenvalue weighted by Gasteiger charge is -2.41. The summed E-state index contributed by atoms with van der Waals surface area (Å²) >= 11 is 0. The number of benzene rings is 1. The number of carbonyl (C=O) groups excluding carboxylic acids is 1. The highest BCUT2D eigenvalue weighted by Gasteiger charge is 2.44. The predicted octanol–water partition coefficient (Wildman–Crippen LogP) is 4.47. The molecule has 1 aromatic rings. The highest BCUT2D eigenvalue weighted by Crippen LogP contribution is 2.43. The van der Waals surface area contributed by atoms with Crippen LogP contribution in [0, 0.1) is 19.3 Å². The Morgan fingerprint density at radius 2 is 1.70 bits per heavy atom. The van der Waals surface area contributed by atoms with Gasteiger partial charge in [0.25, 0.3) is 0 Å². The topological polar surface area (TPSA) is 26.3 Å². The molecule has 0 aliphatic heterocycles. The van der Waals surface area contributed by atoms with E-state index in [0.717, 1.165) is 42.4 Å². The fraction of sp³-hybridized carbons (Fsp3) is 0.611. The first-order valence-electron chi connectivity index (χ1n) is 7.47. The van der Waals surface area contributed by atoms with E-state index in [4.69, 9.17) is 4.74 Å². The lowest BCUT2D eigenvalue weighted by atomic mass is 9.68. The molecule has 0 atom stereocenters. The number of aryl methyl sites for hydroxylation is 2. The number of hydrogen-bond acceptors (Lipinski definition) is 2. The van der Waals surface area contributed by atoms with Crippen molar-refractivity contribution in [2.75, 3.05) is 7.11 Å². The number of hydrogen-bond donors (Lipinski definition) is 0. The van der Waals surface area contributed by atoms with Gasteiger partial charge in [-0.1, -0.05) is 31.5 Å². The van der Waals surface area contributed by atoms with Gasteiger partial charge in [-0.25, -0.2) is 0 Å². The van der Waals surface area contributed by atoms with Crippen LogP contribution >= 0.6 is 0 Å². The van der Waals surface area contributed by atoms with E-state index in [0.29, 0.717) is 5.41 Å². The molecule has 0 aromatic heterocycles. The maximum atomic E-state index is 13.0. The Morgan fingerprint density at radius 3 is 2.25 bits per heavy atom. The summed E-state index contributed by atoms with van der Waals surface area (Å²) in [7, 11) is 1.68. The summed E-state index contributed by atoms with van der Waals surface area (Å²) < 4.78 is 5.73. The average Bonchev–Trinajstić information content (AvgIpc) is 2.41. The quantitative estimate of drug-likeness (QED) is 0.760. The lowest BCUT2D eigenvalue weighted by Crippen LogP contribution is -2.46. The van der Waals surface area contributed by atoms with Crippen molar-refractivity contribution in [1.82, 2.24) is 0 Å². The molecule has 110 valence electrons. The average molecular weight is 274 g/mol. The maximum absolute atomic E-state index is 13.0. The molecule has 1 aliphatic carbocycles. The van der Waals surface area contributed by atoms with Crippen LogP contribution in [0.1, 0.15) is 61.0 Å². The van der Waals surface area contributed by atoms with Crippen molar-refractivity contribution in [3.63, 3.8) is 0 Å². The second-order valence-electron chi connectivity index (χ2n) is 7.01. The summed E-state index contributed by atoms with van der Waals surface area (Å²) in [5.74, 6) is 0.164. The Kier molecular flexibility index (Phi) is 4.06. The summed E-state index contributed by atoms with van der Waals surface area (Å²) in [4.78, 5) is 13.0. The lowest BCUT2D eigenvalue weighted by molar-refractivity contribution is -0.0383. The summed E-state index contributed by atoms with van der Waals surface area (Å²) in [6.07, 6.45) is 3.72. The third-order valence-corrected chi connectivity index (χ3v) is 4.85. The third-order valence-electron chi connectivity index (χ3n) is 4.85. The molecule has 0 amide bonds. The molecule has 2 heteroatoms. The van der Waals surface area contributed by atoms with Crippen LogP contribution in [0.4, 0.5) is 0 Å². The fourth-order valence-corrected chi connectivity index (χ4v) is 3.08. The van der Waals surface area contributed by atoms with Gasteiger partial charge in [0.2, 0.25) is 0 Å². The van der Waals surface area contributed by atoms with Crippen LogP contribution in [0.2, 0.25) is 0 Å². The number of methoxy groups -OCH3 is 1. The van der Waals surface area contributed by atoms with Crippen molar-refractivity contribution in [3.8, 4) is 0 Å². The first-order valence-corrected chi connectivity index (χ1v) is 7.47. The molecular weight excluding hydrogens is 248 g/mol. The van der Waals surface area contributed by atoms with Crippen molar-refractivity contribution in [1.29, 1.82) is 0 Å². The van der Waals surface area contributed by atoms with Crippen molar-refractivity contribution in [2.45, 2.75) is 59.0 Å². The molecule has 1 fully saturated rings. The van der Waals surface area contributed by atoms with Crippen LogP contribution in [0.5, 0.6) is 0 Å². The van der Waals surface area contributed by atoms with Crippen molar-refractivity contribution in [3.05, 3.63) is 34.9 Å². The van der Waals surface area contributed by atoms with E-state index in [1.54, 1.807) is 7.11 Å². The van der Waals surface area contributed by atoms with E-state index in [1.807, 2.05) is 26.0 Å². The van der Waals surface area contributed by atoms with Crippen LogP contribution in [-0.4, -0.2) is 18.5 Å². The number of rotatable bonds is 3. The van der Waals surface area contributed by atoms with Gasteiger partial charge in [0.15, 0.2) is 5.78 Å². The predicted molar refractivity (Wildman–Crippen MR) is 82.2 cm³/mol. The third kappa shape index (κ3) is 2.80. The molecule has 0 saturated heterocycles. The van der Waals surface area contributed by atoms with Crippen LogP contribution in [-0.2, 0) is 4.74 Å². The zero-order valence-electron chi connectivity index (χ0n) is 13.4. The zero-order chi connectivity index (χ0) is 15.0. The molecule has 1 aromatic carbocycles. The summed E-state index contributed by atoms with van der Waals surface area (Å²) in [6.45, 7) is 8.58. The molecule has 0 radical (unpaired) electrons. The molecule has 0 heterocycles. The second-order valence-corrected chi connectivity index (χ2v) is 7.01. The smallest absolute Gasteiger partial charge is 0.194 e. The maximum Gasteiger partial charge on any atom is 0.194 e. The van der Waals surface area contributed by atoms with Gasteiger partial charge in [-0.3, -0.25) is 4.79 Å². The largest absolute Gasteiger partial charge is 0.370 e. The van der Waals surface area contributed by atoms with Crippen LogP contribution in [0.3, 0.4) is 0 Å². The Bertz CT molecular complexity index is 504. The van der Waals surface area contributed by atoms with E-state index in [1.165, 1.54) is 0 Å². The standard InChI is InChI=1S/C18H26O2/c1-13-6-7-14(2)15(12-13)16(19)18(20-5)10-8-17(3,4)9-11-18/h6-7,12H,8-11H2,1-5H3. The molecule has 1 saturated carbocycles. The minimum Gasteiger partial charge on any atom is -0.370 e. The summed E-state index contributed by atoms with van der Waals surface area (Å²) in [5, 5.41) is 0. The first-order chi connectivity index (χ1) is 9.30. The van der Waals surface area contributed by atoms with E-state index in [9.17, 15) is 4.79 Å². The number of carbonyl (C=O) groups is 1. The highest BCUT2D eigenvalue weighted by molar-refractivity contribution is 6.03. The Morgan fingerprint density at radius 1 is 1.10 bits per heavy atom. The van der Waals surface area contributed by atoms with Crippen molar-refractivity contribution < 1.29 is 9.53 Å². The minimum absolute atomic E-state index is 0.164. The van der Waals surface area contributed by atoms with Gasteiger partial charge in [0.1, 0.15) is 5.60 Å². The van der Waals surface area contributed by atoms with E-state index >= 15 is 0 Å². The summed E-state index contributed by atoms with van der Waals surface area (Å²) in [6, 6.07) is 6.08. The van der Waals surface area contributed by atoms with Gasteiger partial charge in [-0.15, -0.1) is 0 Å². The van der Waals surface area contributed by atoms with Crippen LogP contribution in [0.25, 0.3) is 0 Å². The van der Waals surface area contributed by atoms with Gasteiger partial charge in [0.05, 0.1) is 0 Å². The molecule has 0 unspecified atom stereocenters. The first kappa shape index (κ1) is 15.2. The zero-order valence-corrected chi connectivity index (χ0v) is 13.4. The minimum atomic E-state index is -0.617. The highest BCUT2D eigenvalue weighted by atomic mass is 16.5. The SMILES string of the molecule is COC1(C(=O)c2cc(C)ccc2C)CCC(C)(C)CC1. The molecule has 2 rings (SSSR count). The number of Topliss-reactive ketones (excluding diaryl/α,β-unsaturated/α-hetero) is 1. The van der Waals surface area contributed by atoms with Crippen LogP contribution < -0.4 is 0 Å². The van der Waals surface area contributed by atoms with Crippen LogP contribution in [0.15, 0.2) is 18.2 Å². The molecule has 2 nitrogen and oxygen atoms in total. The molecule has 20 heavy (non-hydrogen) atoms. The monoisotopic (exact) mass is 274 g/mol. The van der Waals surface area contributed by atoms with E-state index < -0.39 is 5.60 Å². The Hall–Kier alpha value is -1.15.